The maximum atomic E-state index is 11.0. The van der Waals surface area contributed by atoms with Crippen LogP contribution in [0, 0.1) is 0 Å². The lowest BCUT2D eigenvalue weighted by Crippen LogP contribution is -2.03. The molecule has 202 valence electrons. The molecule has 1 rings (SSSR count). The molecule has 0 aromatic heterocycles. The number of carbonyl (C=O) groups is 2. The molecule has 0 N–H and O–H groups in total. The quantitative estimate of drug-likeness (QED) is 0.0810. The number of aldehydes is 2. The third kappa shape index (κ3) is 15.6. The first kappa shape index (κ1) is 31.7. The number of carbonyl (C=O) groups excluding carboxylic acids is 2. The molecule has 4 heteroatoms. The van der Waals surface area contributed by atoms with Gasteiger partial charge in [-0.05, 0) is 49.3 Å². The highest BCUT2D eigenvalue weighted by atomic mass is 16.5. The van der Waals surface area contributed by atoms with Crippen LogP contribution in [-0.4, -0.2) is 25.8 Å². The van der Waals surface area contributed by atoms with Crippen molar-refractivity contribution in [3.63, 3.8) is 0 Å². The lowest BCUT2D eigenvalue weighted by molar-refractivity contribution is -0.104. The molecule has 0 spiro atoms. The van der Waals surface area contributed by atoms with Crippen molar-refractivity contribution in [1.82, 2.24) is 0 Å². The van der Waals surface area contributed by atoms with Crippen molar-refractivity contribution in [2.45, 2.75) is 117 Å². The molecule has 0 aliphatic rings. The predicted octanol–water partition coefficient (Wildman–Crippen LogP) is 9.15. The third-order valence-corrected chi connectivity index (χ3v) is 6.36. The van der Waals surface area contributed by atoms with Crippen LogP contribution in [0.2, 0.25) is 0 Å². The molecule has 0 heterocycles. The summed E-state index contributed by atoms with van der Waals surface area (Å²) in [5.74, 6) is 1.42. The zero-order chi connectivity index (χ0) is 26.1. The number of allylic oxidation sites excluding steroid dienone is 2. The van der Waals surface area contributed by atoms with Crippen molar-refractivity contribution >= 4 is 24.7 Å². The second kappa shape index (κ2) is 23.1. The lowest BCUT2D eigenvalue weighted by atomic mass is 10.1. The van der Waals surface area contributed by atoms with Crippen molar-refractivity contribution in [3.05, 3.63) is 35.4 Å². The molecule has 0 radical (unpaired) electrons. The zero-order valence-electron chi connectivity index (χ0n) is 23.0. The van der Waals surface area contributed by atoms with Gasteiger partial charge in [-0.25, -0.2) is 0 Å². The van der Waals surface area contributed by atoms with E-state index >= 15 is 0 Å². The van der Waals surface area contributed by atoms with Crippen molar-refractivity contribution < 1.29 is 19.1 Å². The van der Waals surface area contributed by atoms with Crippen molar-refractivity contribution in [1.29, 1.82) is 0 Å². The summed E-state index contributed by atoms with van der Waals surface area (Å²) in [6, 6.07) is 3.83. The van der Waals surface area contributed by atoms with Gasteiger partial charge in [-0.3, -0.25) is 9.59 Å². The van der Waals surface area contributed by atoms with E-state index in [2.05, 4.69) is 13.8 Å². The molecule has 0 aliphatic heterocycles. The van der Waals surface area contributed by atoms with Gasteiger partial charge in [-0.1, -0.05) is 104 Å². The smallest absolute Gasteiger partial charge is 0.142 e. The van der Waals surface area contributed by atoms with E-state index in [-0.39, 0.29) is 0 Å². The van der Waals surface area contributed by atoms with E-state index in [0.29, 0.717) is 24.7 Å². The minimum Gasteiger partial charge on any atom is -0.493 e. The Labute approximate surface area is 220 Å². The third-order valence-electron chi connectivity index (χ3n) is 6.36. The minimum absolute atomic E-state index is 0.631. The van der Waals surface area contributed by atoms with E-state index in [1.807, 2.05) is 12.1 Å². The lowest BCUT2D eigenvalue weighted by Gasteiger charge is -2.15. The number of ether oxygens (including phenoxy) is 2. The number of rotatable bonds is 24. The summed E-state index contributed by atoms with van der Waals surface area (Å²) in [7, 11) is 0. The Morgan fingerprint density at radius 2 is 0.861 bits per heavy atom. The van der Waals surface area contributed by atoms with Crippen LogP contribution in [0.3, 0.4) is 0 Å². The molecule has 0 bridgehead atoms. The molecule has 0 saturated carbocycles. The van der Waals surface area contributed by atoms with E-state index in [0.717, 1.165) is 49.4 Å². The zero-order valence-corrected chi connectivity index (χ0v) is 23.0. The Hall–Kier alpha value is -2.36. The van der Waals surface area contributed by atoms with Crippen LogP contribution in [0.4, 0.5) is 0 Å². The number of hydrogen-bond donors (Lipinski definition) is 0. The summed E-state index contributed by atoms with van der Waals surface area (Å²) in [6.07, 6.45) is 27.9. The van der Waals surface area contributed by atoms with E-state index in [1.165, 1.54) is 89.2 Å². The molecule has 0 atom stereocenters. The van der Waals surface area contributed by atoms with E-state index in [9.17, 15) is 9.59 Å². The van der Waals surface area contributed by atoms with E-state index < -0.39 is 0 Å². The molecular formula is C32H50O4. The Bertz CT molecular complexity index is 687. The fraction of sp³-hybridized carbons (Fsp3) is 0.625. The second-order valence-corrected chi connectivity index (χ2v) is 9.56. The molecule has 1 aromatic carbocycles. The van der Waals surface area contributed by atoms with Crippen molar-refractivity contribution in [2.24, 2.45) is 0 Å². The Morgan fingerprint density at radius 1 is 0.528 bits per heavy atom. The first-order valence-electron chi connectivity index (χ1n) is 14.4. The largest absolute Gasteiger partial charge is 0.493 e. The molecule has 0 amide bonds. The Kier molecular flexibility index (Phi) is 20.3. The average molecular weight is 499 g/mol. The van der Waals surface area contributed by atoms with Gasteiger partial charge in [0.05, 0.1) is 13.2 Å². The van der Waals surface area contributed by atoms with Crippen LogP contribution < -0.4 is 9.47 Å². The monoisotopic (exact) mass is 498 g/mol. The van der Waals surface area contributed by atoms with E-state index in [1.54, 1.807) is 12.2 Å². The number of hydrogen-bond acceptors (Lipinski definition) is 4. The normalized spacial score (nSPS) is 11.4. The molecule has 0 saturated heterocycles. The van der Waals surface area contributed by atoms with Gasteiger partial charge in [0.1, 0.15) is 24.1 Å². The summed E-state index contributed by atoms with van der Waals surface area (Å²) in [6.45, 7) is 5.75. The van der Waals surface area contributed by atoms with Crippen LogP contribution in [-0.2, 0) is 9.59 Å². The van der Waals surface area contributed by atoms with E-state index in [4.69, 9.17) is 9.47 Å². The summed E-state index contributed by atoms with van der Waals surface area (Å²) in [5, 5.41) is 0. The predicted molar refractivity (Wildman–Crippen MR) is 153 cm³/mol. The molecule has 0 fully saturated rings. The Morgan fingerprint density at radius 3 is 1.19 bits per heavy atom. The fourth-order valence-corrected chi connectivity index (χ4v) is 4.22. The van der Waals surface area contributed by atoms with Gasteiger partial charge in [-0.15, -0.1) is 0 Å². The number of benzene rings is 1. The van der Waals surface area contributed by atoms with Crippen LogP contribution >= 0.6 is 0 Å². The highest BCUT2D eigenvalue weighted by molar-refractivity contribution is 5.79. The van der Waals surface area contributed by atoms with Gasteiger partial charge < -0.3 is 9.47 Å². The molecule has 36 heavy (non-hydrogen) atoms. The minimum atomic E-state index is 0.631. The second-order valence-electron chi connectivity index (χ2n) is 9.56. The van der Waals surface area contributed by atoms with Crippen LogP contribution in [0.15, 0.2) is 24.3 Å². The molecule has 1 aromatic rings. The van der Waals surface area contributed by atoms with Gasteiger partial charge in [0.25, 0.3) is 0 Å². The Balaban J connectivity index is 2.65. The van der Waals surface area contributed by atoms with Crippen LogP contribution in [0.1, 0.15) is 128 Å². The molecule has 4 nitrogen and oxygen atoms in total. The summed E-state index contributed by atoms with van der Waals surface area (Å²) >= 11 is 0. The molecular weight excluding hydrogens is 448 g/mol. The van der Waals surface area contributed by atoms with Crippen LogP contribution in [0.25, 0.3) is 12.2 Å². The van der Waals surface area contributed by atoms with Crippen LogP contribution in [0.5, 0.6) is 11.5 Å². The maximum absolute atomic E-state index is 11.0. The summed E-state index contributed by atoms with van der Waals surface area (Å²) in [4.78, 5) is 21.9. The highest BCUT2D eigenvalue weighted by Crippen LogP contribution is 2.32. The van der Waals surface area contributed by atoms with Crippen molar-refractivity contribution in [2.75, 3.05) is 13.2 Å². The van der Waals surface area contributed by atoms with Gasteiger partial charge in [-0.2, -0.15) is 0 Å². The highest BCUT2D eigenvalue weighted by Gasteiger charge is 2.10. The maximum Gasteiger partial charge on any atom is 0.142 e. The molecule has 0 unspecified atom stereocenters. The first-order chi connectivity index (χ1) is 17.8. The van der Waals surface area contributed by atoms with Gasteiger partial charge in [0.15, 0.2) is 0 Å². The number of unbranched alkanes of at least 4 members (excludes halogenated alkanes) is 14. The van der Waals surface area contributed by atoms with Gasteiger partial charge in [0.2, 0.25) is 0 Å². The summed E-state index contributed by atoms with van der Waals surface area (Å²) in [5.41, 5.74) is 1.63. The topological polar surface area (TPSA) is 52.6 Å². The molecule has 0 aliphatic carbocycles. The summed E-state index contributed by atoms with van der Waals surface area (Å²) < 4.78 is 12.2. The SMILES string of the molecule is CCCCCCCCCCOc1cc(/C=C/C=O)c(OCCCCCCCCCC)cc1/C=C/C=O. The first-order valence-corrected chi connectivity index (χ1v) is 14.4. The standard InChI is InChI=1S/C32H50O4/c1-3-5-7-9-11-13-15-17-25-35-31-27-30(22-20-24-34)32(28-29(31)21-19-23-33)36-26-18-16-14-12-10-8-6-4-2/h19-24,27-28H,3-18,25-26H2,1-2H3/b21-19+,22-20+. The average Bonchev–Trinajstić information content (AvgIpc) is 2.89. The van der Waals surface area contributed by atoms with Crippen molar-refractivity contribution in [3.8, 4) is 11.5 Å². The fourth-order valence-electron chi connectivity index (χ4n) is 4.22. The van der Waals surface area contributed by atoms with Gasteiger partial charge in [0, 0.05) is 11.1 Å². The van der Waals surface area contributed by atoms with Gasteiger partial charge >= 0.3 is 0 Å².